The van der Waals surface area contributed by atoms with E-state index in [1.165, 1.54) is 0 Å². The van der Waals surface area contributed by atoms with E-state index >= 15 is 0 Å². The van der Waals surface area contributed by atoms with Crippen molar-refractivity contribution in [1.82, 2.24) is 9.97 Å². The molecule has 0 unspecified atom stereocenters. The van der Waals surface area contributed by atoms with E-state index < -0.39 is 0 Å². The molecule has 5 heteroatoms. The van der Waals surface area contributed by atoms with Crippen LogP contribution in [-0.4, -0.2) is 16.0 Å². The van der Waals surface area contributed by atoms with Crippen LogP contribution in [0, 0.1) is 6.92 Å². The van der Waals surface area contributed by atoms with Gasteiger partial charge < -0.3 is 4.90 Å². The second-order valence-corrected chi connectivity index (χ2v) is 5.80. The standard InChI is InChI=1S/C16H19Cl2N3/c1-4-13(5-2)21(16-10-19-11(3)9-20-16)15-7-6-12(17)8-14(15)18/h6-10,13H,4-5H2,1-3H3. The maximum absolute atomic E-state index is 6.39. The van der Waals surface area contributed by atoms with E-state index in [-0.39, 0.29) is 0 Å². The minimum absolute atomic E-state index is 0.306. The molecule has 2 aromatic rings. The summed E-state index contributed by atoms with van der Waals surface area (Å²) in [5.41, 5.74) is 1.80. The molecular weight excluding hydrogens is 305 g/mol. The molecule has 1 aromatic heterocycles. The highest BCUT2D eigenvalue weighted by atomic mass is 35.5. The lowest BCUT2D eigenvalue weighted by Gasteiger charge is -2.32. The van der Waals surface area contributed by atoms with Gasteiger partial charge in [0.15, 0.2) is 5.82 Å². The van der Waals surface area contributed by atoms with Crippen molar-refractivity contribution < 1.29 is 0 Å². The van der Waals surface area contributed by atoms with Gasteiger partial charge in [0.1, 0.15) is 0 Å². The van der Waals surface area contributed by atoms with E-state index in [1.807, 2.05) is 19.1 Å². The first kappa shape index (κ1) is 16.1. The molecule has 2 rings (SSSR count). The summed E-state index contributed by atoms with van der Waals surface area (Å²) in [5, 5.41) is 1.25. The van der Waals surface area contributed by atoms with Crippen molar-refractivity contribution in [2.45, 2.75) is 39.7 Å². The molecule has 0 saturated carbocycles. The van der Waals surface area contributed by atoms with Crippen LogP contribution >= 0.6 is 23.2 Å². The van der Waals surface area contributed by atoms with Gasteiger partial charge in [-0.2, -0.15) is 0 Å². The third kappa shape index (κ3) is 3.66. The summed E-state index contributed by atoms with van der Waals surface area (Å²) in [5.74, 6) is 0.804. The molecule has 0 aliphatic heterocycles. The molecule has 0 aliphatic carbocycles. The van der Waals surface area contributed by atoms with Crippen molar-refractivity contribution in [1.29, 1.82) is 0 Å². The molecule has 1 heterocycles. The summed E-state index contributed by atoms with van der Waals surface area (Å²) >= 11 is 12.4. The van der Waals surface area contributed by atoms with E-state index in [1.54, 1.807) is 18.5 Å². The highest BCUT2D eigenvalue weighted by Crippen LogP contribution is 2.35. The molecule has 0 radical (unpaired) electrons. The molecule has 0 spiro atoms. The van der Waals surface area contributed by atoms with E-state index in [4.69, 9.17) is 23.2 Å². The van der Waals surface area contributed by atoms with Crippen LogP contribution < -0.4 is 4.90 Å². The third-order valence-electron chi connectivity index (χ3n) is 3.49. The summed E-state index contributed by atoms with van der Waals surface area (Å²) in [6.07, 6.45) is 5.54. The minimum Gasteiger partial charge on any atom is -0.321 e. The van der Waals surface area contributed by atoms with Crippen LogP contribution in [0.25, 0.3) is 0 Å². The number of nitrogens with zero attached hydrogens (tertiary/aromatic N) is 3. The highest BCUT2D eigenvalue weighted by molar-refractivity contribution is 6.36. The first-order valence-corrected chi connectivity index (χ1v) is 7.85. The lowest BCUT2D eigenvalue weighted by Crippen LogP contribution is -2.31. The lowest BCUT2D eigenvalue weighted by atomic mass is 10.1. The lowest BCUT2D eigenvalue weighted by molar-refractivity contribution is 0.605. The molecule has 0 amide bonds. The zero-order valence-electron chi connectivity index (χ0n) is 12.5. The van der Waals surface area contributed by atoms with Gasteiger partial charge in [0.2, 0.25) is 0 Å². The van der Waals surface area contributed by atoms with E-state index in [2.05, 4.69) is 28.7 Å². The number of halogens is 2. The second-order valence-electron chi connectivity index (χ2n) is 4.95. The van der Waals surface area contributed by atoms with Gasteiger partial charge in [-0.1, -0.05) is 37.0 Å². The summed E-state index contributed by atoms with van der Waals surface area (Å²) in [6, 6.07) is 5.85. The minimum atomic E-state index is 0.306. The Bertz CT molecular complexity index is 595. The molecule has 0 fully saturated rings. The van der Waals surface area contributed by atoms with E-state index in [0.717, 1.165) is 30.0 Å². The van der Waals surface area contributed by atoms with Gasteiger partial charge in [0.05, 0.1) is 28.8 Å². The Kier molecular flexibility index (Phi) is 5.43. The van der Waals surface area contributed by atoms with Crippen molar-refractivity contribution in [3.8, 4) is 0 Å². The Morgan fingerprint density at radius 3 is 2.33 bits per heavy atom. The van der Waals surface area contributed by atoms with Crippen LogP contribution in [0.5, 0.6) is 0 Å². The van der Waals surface area contributed by atoms with Gasteiger partial charge in [0.25, 0.3) is 0 Å². The van der Waals surface area contributed by atoms with Crippen LogP contribution in [0.4, 0.5) is 11.5 Å². The summed E-state index contributed by atoms with van der Waals surface area (Å²) in [7, 11) is 0. The number of aromatic nitrogens is 2. The van der Waals surface area contributed by atoms with Crippen LogP contribution in [0.1, 0.15) is 32.4 Å². The Hall–Kier alpha value is -1.32. The Labute approximate surface area is 135 Å². The molecule has 112 valence electrons. The zero-order chi connectivity index (χ0) is 15.4. The van der Waals surface area contributed by atoms with Crippen LogP contribution in [0.15, 0.2) is 30.6 Å². The quantitative estimate of drug-likeness (QED) is 0.735. The van der Waals surface area contributed by atoms with Crippen LogP contribution in [0.2, 0.25) is 10.0 Å². The Balaban J connectivity index is 2.52. The summed E-state index contributed by atoms with van der Waals surface area (Å²) < 4.78 is 0. The zero-order valence-corrected chi connectivity index (χ0v) is 14.0. The largest absolute Gasteiger partial charge is 0.321 e. The first-order valence-electron chi connectivity index (χ1n) is 7.09. The SMILES string of the molecule is CCC(CC)N(c1cnc(C)cn1)c1ccc(Cl)cc1Cl. The average Bonchev–Trinajstić information content (AvgIpc) is 2.47. The van der Waals surface area contributed by atoms with Gasteiger partial charge in [-0.15, -0.1) is 0 Å². The van der Waals surface area contributed by atoms with Crippen LogP contribution in [-0.2, 0) is 0 Å². The fourth-order valence-corrected chi connectivity index (χ4v) is 2.85. The topological polar surface area (TPSA) is 29.0 Å². The number of anilines is 2. The van der Waals surface area contributed by atoms with Crippen molar-refractivity contribution in [2.24, 2.45) is 0 Å². The van der Waals surface area contributed by atoms with Crippen molar-refractivity contribution in [3.05, 3.63) is 46.3 Å². The predicted molar refractivity (Wildman–Crippen MR) is 89.7 cm³/mol. The molecule has 21 heavy (non-hydrogen) atoms. The predicted octanol–water partition coefficient (Wildman–Crippen LogP) is 5.42. The Morgan fingerprint density at radius 1 is 1.10 bits per heavy atom. The maximum Gasteiger partial charge on any atom is 0.151 e. The second kappa shape index (κ2) is 7.10. The van der Waals surface area contributed by atoms with Gasteiger partial charge in [-0.25, -0.2) is 4.98 Å². The van der Waals surface area contributed by atoms with Crippen molar-refractivity contribution >= 4 is 34.7 Å². The smallest absolute Gasteiger partial charge is 0.151 e. The van der Waals surface area contributed by atoms with Crippen molar-refractivity contribution in [2.75, 3.05) is 4.90 Å². The normalized spacial score (nSPS) is 11.0. The molecule has 0 saturated heterocycles. The number of benzene rings is 1. The molecule has 0 N–H and O–H groups in total. The molecule has 0 bridgehead atoms. The number of hydrogen-bond donors (Lipinski definition) is 0. The molecule has 0 atom stereocenters. The summed E-state index contributed by atoms with van der Waals surface area (Å²) in [4.78, 5) is 11.0. The maximum atomic E-state index is 6.39. The molecule has 3 nitrogen and oxygen atoms in total. The third-order valence-corrected chi connectivity index (χ3v) is 4.03. The van der Waals surface area contributed by atoms with Gasteiger partial charge in [-0.3, -0.25) is 4.98 Å². The number of aryl methyl sites for hydroxylation is 1. The number of hydrogen-bond acceptors (Lipinski definition) is 3. The molecular formula is C16H19Cl2N3. The highest BCUT2D eigenvalue weighted by Gasteiger charge is 2.21. The van der Waals surface area contributed by atoms with Gasteiger partial charge >= 0.3 is 0 Å². The average molecular weight is 324 g/mol. The fraction of sp³-hybridized carbons (Fsp3) is 0.375. The fourth-order valence-electron chi connectivity index (χ4n) is 2.35. The van der Waals surface area contributed by atoms with Crippen molar-refractivity contribution in [3.63, 3.8) is 0 Å². The van der Waals surface area contributed by atoms with E-state index in [9.17, 15) is 0 Å². The van der Waals surface area contributed by atoms with Crippen LogP contribution in [0.3, 0.4) is 0 Å². The molecule has 1 aromatic carbocycles. The summed E-state index contributed by atoms with van der Waals surface area (Å²) in [6.45, 7) is 6.24. The van der Waals surface area contributed by atoms with Gasteiger partial charge in [0, 0.05) is 11.1 Å². The number of rotatable bonds is 5. The Morgan fingerprint density at radius 2 is 1.81 bits per heavy atom. The monoisotopic (exact) mass is 323 g/mol. The van der Waals surface area contributed by atoms with E-state index in [0.29, 0.717) is 16.1 Å². The first-order chi connectivity index (χ1) is 10.1. The van der Waals surface area contributed by atoms with Gasteiger partial charge in [-0.05, 0) is 38.0 Å². The molecule has 0 aliphatic rings.